The molecular weight excluding hydrogens is 218 g/mol. The molecule has 92 valence electrons. The van der Waals surface area contributed by atoms with Gasteiger partial charge in [0.25, 0.3) is 0 Å². The number of rotatable bonds is 6. The summed E-state index contributed by atoms with van der Waals surface area (Å²) in [6.07, 6.45) is 2.35. The summed E-state index contributed by atoms with van der Waals surface area (Å²) >= 11 is 0. The highest BCUT2D eigenvalue weighted by Crippen LogP contribution is 2.36. The Balaban J connectivity index is 2.30. The van der Waals surface area contributed by atoms with Gasteiger partial charge in [0.2, 0.25) is 0 Å². The Morgan fingerprint density at radius 1 is 1.47 bits per heavy atom. The lowest BCUT2D eigenvalue weighted by Gasteiger charge is -2.13. The Bertz CT molecular complexity index is 413. The SMILES string of the molecule is CNCC(=O)c1cccc(OC)c1OC1CC1. The first-order valence-corrected chi connectivity index (χ1v) is 5.77. The van der Waals surface area contributed by atoms with Gasteiger partial charge < -0.3 is 14.8 Å². The molecule has 4 heteroatoms. The van der Waals surface area contributed by atoms with Crippen LogP contribution in [0.2, 0.25) is 0 Å². The van der Waals surface area contributed by atoms with E-state index in [1.165, 1.54) is 0 Å². The molecule has 0 bridgehead atoms. The number of hydrogen-bond acceptors (Lipinski definition) is 4. The second-order valence-electron chi connectivity index (χ2n) is 4.11. The Morgan fingerprint density at radius 3 is 2.82 bits per heavy atom. The van der Waals surface area contributed by atoms with E-state index in [4.69, 9.17) is 9.47 Å². The minimum Gasteiger partial charge on any atom is -0.493 e. The van der Waals surface area contributed by atoms with Gasteiger partial charge in [-0.25, -0.2) is 0 Å². The molecule has 0 unspecified atom stereocenters. The number of ketones is 1. The van der Waals surface area contributed by atoms with E-state index in [1.54, 1.807) is 20.2 Å². The standard InChI is InChI=1S/C13H17NO3/c1-14-8-11(15)10-4-3-5-12(16-2)13(10)17-9-6-7-9/h3-5,9,14H,6-8H2,1-2H3. The molecule has 1 aromatic carbocycles. The number of carbonyl (C=O) groups excluding carboxylic acids is 1. The van der Waals surface area contributed by atoms with Gasteiger partial charge >= 0.3 is 0 Å². The molecule has 1 aliphatic rings. The number of methoxy groups -OCH3 is 1. The van der Waals surface area contributed by atoms with Crippen molar-refractivity contribution in [3.63, 3.8) is 0 Å². The fraction of sp³-hybridized carbons (Fsp3) is 0.462. The molecule has 1 aromatic rings. The van der Waals surface area contributed by atoms with Gasteiger partial charge in [-0.15, -0.1) is 0 Å². The lowest BCUT2D eigenvalue weighted by molar-refractivity contribution is 0.0988. The van der Waals surface area contributed by atoms with Crippen LogP contribution in [-0.2, 0) is 0 Å². The third-order valence-electron chi connectivity index (χ3n) is 2.65. The number of Topliss-reactive ketones (excluding diaryl/α,β-unsaturated/α-hetero) is 1. The molecule has 2 rings (SSSR count). The van der Waals surface area contributed by atoms with Crippen molar-refractivity contribution in [2.45, 2.75) is 18.9 Å². The molecule has 0 heterocycles. The predicted molar refractivity (Wildman–Crippen MR) is 64.9 cm³/mol. The van der Waals surface area contributed by atoms with E-state index in [-0.39, 0.29) is 11.9 Å². The third kappa shape index (κ3) is 2.77. The Labute approximate surface area is 101 Å². The van der Waals surface area contributed by atoms with Crippen LogP contribution >= 0.6 is 0 Å². The smallest absolute Gasteiger partial charge is 0.180 e. The number of ether oxygens (including phenoxy) is 2. The van der Waals surface area contributed by atoms with Crippen molar-refractivity contribution in [2.24, 2.45) is 0 Å². The molecule has 1 fully saturated rings. The quantitative estimate of drug-likeness (QED) is 0.761. The highest BCUT2D eigenvalue weighted by Gasteiger charge is 2.27. The number of para-hydroxylation sites is 1. The monoisotopic (exact) mass is 235 g/mol. The third-order valence-corrected chi connectivity index (χ3v) is 2.65. The summed E-state index contributed by atoms with van der Waals surface area (Å²) in [5, 5.41) is 2.85. The molecule has 0 atom stereocenters. The normalized spacial score (nSPS) is 14.5. The van der Waals surface area contributed by atoms with Gasteiger partial charge in [-0.2, -0.15) is 0 Å². The maximum absolute atomic E-state index is 11.9. The topological polar surface area (TPSA) is 47.6 Å². The van der Waals surface area contributed by atoms with E-state index < -0.39 is 0 Å². The lowest BCUT2D eigenvalue weighted by Crippen LogP contribution is -2.19. The van der Waals surface area contributed by atoms with Crippen LogP contribution in [0.3, 0.4) is 0 Å². The summed E-state index contributed by atoms with van der Waals surface area (Å²) in [5.74, 6) is 1.22. The summed E-state index contributed by atoms with van der Waals surface area (Å²) < 4.78 is 11.0. The van der Waals surface area contributed by atoms with E-state index >= 15 is 0 Å². The summed E-state index contributed by atoms with van der Waals surface area (Å²) in [7, 11) is 3.33. The van der Waals surface area contributed by atoms with Crippen molar-refractivity contribution < 1.29 is 14.3 Å². The number of hydrogen-bond donors (Lipinski definition) is 1. The van der Waals surface area contributed by atoms with Gasteiger partial charge in [-0.1, -0.05) is 6.07 Å². The molecule has 4 nitrogen and oxygen atoms in total. The van der Waals surface area contributed by atoms with Crippen LogP contribution in [0, 0.1) is 0 Å². The van der Waals surface area contributed by atoms with Gasteiger partial charge in [0, 0.05) is 0 Å². The second-order valence-corrected chi connectivity index (χ2v) is 4.11. The minimum absolute atomic E-state index is 0.0158. The number of likely N-dealkylation sites (N-methyl/N-ethyl adjacent to an activating group) is 1. The lowest BCUT2D eigenvalue weighted by atomic mass is 10.1. The summed E-state index contributed by atoms with van der Waals surface area (Å²) in [4.78, 5) is 11.9. The van der Waals surface area contributed by atoms with Crippen LogP contribution in [0.5, 0.6) is 11.5 Å². The highest BCUT2D eigenvalue weighted by molar-refractivity contribution is 6.00. The molecule has 0 spiro atoms. The number of nitrogens with one attached hydrogen (secondary N) is 1. The summed E-state index contributed by atoms with van der Waals surface area (Å²) in [6, 6.07) is 5.40. The highest BCUT2D eigenvalue weighted by atomic mass is 16.5. The molecule has 1 saturated carbocycles. The fourth-order valence-electron chi connectivity index (χ4n) is 1.63. The van der Waals surface area contributed by atoms with Crippen LogP contribution < -0.4 is 14.8 Å². The predicted octanol–water partition coefficient (Wildman–Crippen LogP) is 1.64. The van der Waals surface area contributed by atoms with E-state index in [0.29, 0.717) is 23.6 Å². The number of carbonyl (C=O) groups is 1. The summed E-state index contributed by atoms with van der Waals surface area (Å²) in [6.45, 7) is 0.300. The van der Waals surface area contributed by atoms with Crippen LogP contribution in [0.1, 0.15) is 23.2 Å². The van der Waals surface area contributed by atoms with Crippen molar-refractivity contribution in [3.05, 3.63) is 23.8 Å². The van der Waals surface area contributed by atoms with E-state index in [2.05, 4.69) is 5.32 Å². The zero-order valence-corrected chi connectivity index (χ0v) is 10.2. The molecule has 0 aliphatic heterocycles. The van der Waals surface area contributed by atoms with E-state index in [9.17, 15) is 4.79 Å². The second kappa shape index (κ2) is 5.19. The molecule has 0 amide bonds. The first-order chi connectivity index (χ1) is 8.26. The van der Waals surface area contributed by atoms with Crippen LogP contribution in [0.25, 0.3) is 0 Å². The maximum Gasteiger partial charge on any atom is 0.180 e. The summed E-state index contributed by atoms with van der Waals surface area (Å²) in [5.41, 5.74) is 0.589. The average molecular weight is 235 g/mol. The molecule has 1 aliphatic carbocycles. The van der Waals surface area contributed by atoms with Gasteiger partial charge in [-0.05, 0) is 32.0 Å². The largest absolute Gasteiger partial charge is 0.493 e. The average Bonchev–Trinajstić information content (AvgIpc) is 3.13. The minimum atomic E-state index is 0.0158. The molecule has 0 saturated heterocycles. The molecule has 1 N–H and O–H groups in total. The molecular formula is C13H17NO3. The van der Waals surface area contributed by atoms with Gasteiger partial charge in [0.1, 0.15) is 0 Å². The van der Waals surface area contributed by atoms with Gasteiger partial charge in [0.15, 0.2) is 17.3 Å². The van der Waals surface area contributed by atoms with Gasteiger partial charge in [-0.3, -0.25) is 4.79 Å². The number of benzene rings is 1. The zero-order valence-electron chi connectivity index (χ0n) is 10.2. The van der Waals surface area contributed by atoms with Gasteiger partial charge in [0.05, 0.1) is 25.3 Å². The maximum atomic E-state index is 11.9. The fourth-order valence-corrected chi connectivity index (χ4v) is 1.63. The van der Waals surface area contributed by atoms with Crippen molar-refractivity contribution in [1.82, 2.24) is 5.32 Å². The van der Waals surface area contributed by atoms with Crippen molar-refractivity contribution in [3.8, 4) is 11.5 Å². The molecule has 0 aromatic heterocycles. The first-order valence-electron chi connectivity index (χ1n) is 5.77. The van der Waals surface area contributed by atoms with Crippen LogP contribution in [0.15, 0.2) is 18.2 Å². The Kier molecular flexibility index (Phi) is 3.64. The first kappa shape index (κ1) is 11.9. The zero-order chi connectivity index (χ0) is 12.3. The molecule has 17 heavy (non-hydrogen) atoms. The molecule has 0 radical (unpaired) electrons. The van der Waals surface area contributed by atoms with E-state index in [0.717, 1.165) is 12.8 Å². The van der Waals surface area contributed by atoms with Crippen LogP contribution in [-0.4, -0.2) is 32.6 Å². The van der Waals surface area contributed by atoms with Crippen molar-refractivity contribution in [1.29, 1.82) is 0 Å². The Morgan fingerprint density at radius 2 is 2.24 bits per heavy atom. The van der Waals surface area contributed by atoms with E-state index in [1.807, 2.05) is 12.1 Å². The van der Waals surface area contributed by atoms with Crippen molar-refractivity contribution >= 4 is 5.78 Å². The van der Waals surface area contributed by atoms with Crippen molar-refractivity contribution in [2.75, 3.05) is 20.7 Å². The Hall–Kier alpha value is -1.55. The van der Waals surface area contributed by atoms with Crippen LogP contribution in [0.4, 0.5) is 0 Å².